The molecule has 0 nitrogen and oxygen atoms in total. The van der Waals surface area contributed by atoms with Crippen LogP contribution >= 0.6 is 11.6 Å². The van der Waals surface area contributed by atoms with E-state index in [9.17, 15) is 0 Å². The Balaban J connectivity index is 2.27. The van der Waals surface area contributed by atoms with Gasteiger partial charge >= 0.3 is 0 Å². The predicted octanol–water partition coefficient (Wildman–Crippen LogP) is 4.96. The predicted molar refractivity (Wildman–Crippen MR) is 73.2 cm³/mol. The van der Waals surface area contributed by atoms with Crippen molar-refractivity contribution in [3.63, 3.8) is 0 Å². The van der Waals surface area contributed by atoms with Gasteiger partial charge in [0.2, 0.25) is 0 Å². The zero-order chi connectivity index (χ0) is 11.7. The van der Waals surface area contributed by atoms with Crippen LogP contribution in [0.2, 0.25) is 5.02 Å². The van der Waals surface area contributed by atoms with Crippen LogP contribution < -0.4 is 0 Å². The van der Waals surface area contributed by atoms with Crippen LogP contribution in [-0.4, -0.2) is 0 Å². The molecule has 0 aliphatic rings. The van der Waals surface area contributed by atoms with Gasteiger partial charge in [0.05, 0.1) is 0 Å². The van der Waals surface area contributed by atoms with Crippen molar-refractivity contribution >= 4 is 22.4 Å². The van der Waals surface area contributed by atoms with Gasteiger partial charge in [-0.3, -0.25) is 0 Å². The average Bonchev–Trinajstić information content (AvgIpc) is 2.39. The lowest BCUT2D eigenvalue weighted by Gasteiger charge is -2.06. The van der Waals surface area contributed by atoms with Crippen LogP contribution in [0.25, 0.3) is 21.9 Å². The minimum atomic E-state index is 0.758. The summed E-state index contributed by atoms with van der Waals surface area (Å²) in [6, 6.07) is 23.6. The molecule has 0 aromatic heterocycles. The Labute approximate surface area is 105 Å². The molecule has 0 saturated heterocycles. The molecule has 0 saturated carbocycles. The molecule has 81 valence electrons. The zero-order valence-corrected chi connectivity index (χ0v) is 9.91. The number of halogens is 1. The van der Waals surface area contributed by atoms with Gasteiger partial charge in [-0.2, -0.15) is 0 Å². The van der Waals surface area contributed by atoms with Crippen LogP contribution in [0.1, 0.15) is 0 Å². The first-order valence-corrected chi connectivity index (χ1v) is 5.88. The number of rotatable bonds is 1. The van der Waals surface area contributed by atoms with Crippen LogP contribution in [0.5, 0.6) is 0 Å². The molecule has 1 heteroatoms. The third-order valence-corrected chi connectivity index (χ3v) is 3.11. The Morgan fingerprint density at radius 1 is 0.824 bits per heavy atom. The van der Waals surface area contributed by atoms with Gasteiger partial charge in [-0.05, 0) is 40.1 Å². The van der Waals surface area contributed by atoms with Crippen LogP contribution in [0.3, 0.4) is 0 Å². The molecule has 3 aromatic rings. The lowest BCUT2D eigenvalue weighted by atomic mass is 9.98. The Bertz CT molecular complexity index is 648. The van der Waals surface area contributed by atoms with Crippen molar-refractivity contribution in [2.45, 2.75) is 0 Å². The second-order valence-corrected chi connectivity index (χ2v) is 4.38. The highest BCUT2D eigenvalue weighted by atomic mass is 35.5. The second-order valence-electron chi connectivity index (χ2n) is 3.95. The maximum absolute atomic E-state index is 5.91. The van der Waals surface area contributed by atoms with Crippen molar-refractivity contribution in [3.8, 4) is 11.1 Å². The fourth-order valence-corrected chi connectivity index (χ4v) is 2.14. The monoisotopic (exact) mass is 237 g/mol. The van der Waals surface area contributed by atoms with E-state index in [1.165, 1.54) is 10.8 Å². The summed E-state index contributed by atoms with van der Waals surface area (Å²) in [6.45, 7) is 0. The molecule has 17 heavy (non-hydrogen) atoms. The van der Waals surface area contributed by atoms with Gasteiger partial charge < -0.3 is 0 Å². The molecule has 0 bridgehead atoms. The molecule has 0 aliphatic heterocycles. The quantitative estimate of drug-likeness (QED) is 0.561. The van der Waals surface area contributed by atoms with Crippen molar-refractivity contribution in [3.05, 3.63) is 71.8 Å². The van der Waals surface area contributed by atoms with E-state index in [0.29, 0.717) is 0 Å². The third kappa shape index (κ3) is 1.92. The first-order valence-electron chi connectivity index (χ1n) is 5.50. The molecule has 0 unspecified atom stereocenters. The summed E-state index contributed by atoms with van der Waals surface area (Å²) in [5.41, 5.74) is 2.27. The summed E-state index contributed by atoms with van der Waals surface area (Å²) < 4.78 is 0. The topological polar surface area (TPSA) is 0 Å². The number of fused-ring (bicyclic) bond motifs is 1. The highest BCUT2D eigenvalue weighted by Gasteiger charge is 2.02. The molecule has 0 atom stereocenters. The van der Waals surface area contributed by atoms with Gasteiger partial charge in [-0.15, -0.1) is 0 Å². The SMILES string of the molecule is Clc1ccc(-c2[c]ccc3ccccc23)cc1. The molecule has 0 N–H and O–H groups in total. The van der Waals surface area contributed by atoms with E-state index >= 15 is 0 Å². The van der Waals surface area contributed by atoms with Crippen molar-refractivity contribution in [1.29, 1.82) is 0 Å². The fourth-order valence-electron chi connectivity index (χ4n) is 2.02. The Hall–Kier alpha value is -1.79. The Morgan fingerprint density at radius 3 is 2.41 bits per heavy atom. The summed E-state index contributed by atoms with van der Waals surface area (Å²) in [6.07, 6.45) is 0. The Kier molecular flexibility index (Phi) is 2.58. The molecule has 3 aromatic carbocycles. The largest absolute Gasteiger partial charge is 0.0843 e. The maximum atomic E-state index is 5.91. The molecule has 0 heterocycles. The summed E-state index contributed by atoms with van der Waals surface area (Å²) >= 11 is 5.91. The van der Waals surface area contributed by atoms with Crippen molar-refractivity contribution in [2.24, 2.45) is 0 Å². The van der Waals surface area contributed by atoms with Crippen molar-refractivity contribution < 1.29 is 0 Å². The van der Waals surface area contributed by atoms with Gasteiger partial charge in [0, 0.05) is 5.02 Å². The lowest BCUT2D eigenvalue weighted by Crippen LogP contribution is -1.81. The fraction of sp³-hybridized carbons (Fsp3) is 0. The van der Waals surface area contributed by atoms with E-state index in [2.05, 4.69) is 30.3 Å². The van der Waals surface area contributed by atoms with E-state index in [4.69, 9.17) is 11.6 Å². The zero-order valence-electron chi connectivity index (χ0n) is 9.15. The van der Waals surface area contributed by atoms with Gasteiger partial charge in [-0.25, -0.2) is 0 Å². The molecule has 0 amide bonds. The lowest BCUT2D eigenvalue weighted by molar-refractivity contribution is 1.64. The standard InChI is InChI=1S/C16H10Cl/c17-14-10-8-13(9-11-14)16-7-3-5-12-4-1-2-6-15(12)16/h1-6,8-11H. The van der Waals surface area contributed by atoms with Crippen molar-refractivity contribution in [1.82, 2.24) is 0 Å². The highest BCUT2D eigenvalue weighted by molar-refractivity contribution is 6.30. The molecule has 0 aliphatic carbocycles. The number of hydrogen-bond donors (Lipinski definition) is 0. The minimum absolute atomic E-state index is 0.758. The first-order chi connectivity index (χ1) is 8.34. The van der Waals surface area contributed by atoms with Crippen molar-refractivity contribution in [2.75, 3.05) is 0 Å². The van der Waals surface area contributed by atoms with E-state index in [-0.39, 0.29) is 0 Å². The van der Waals surface area contributed by atoms with Crippen LogP contribution in [-0.2, 0) is 0 Å². The molecule has 1 radical (unpaired) electrons. The second kappa shape index (κ2) is 4.23. The summed E-state index contributed by atoms with van der Waals surface area (Å²) in [5, 5.41) is 3.21. The summed E-state index contributed by atoms with van der Waals surface area (Å²) in [7, 11) is 0. The number of benzene rings is 3. The summed E-state index contributed by atoms with van der Waals surface area (Å²) in [4.78, 5) is 0. The van der Waals surface area contributed by atoms with E-state index in [0.717, 1.165) is 16.1 Å². The van der Waals surface area contributed by atoms with E-state index in [1.54, 1.807) is 0 Å². The van der Waals surface area contributed by atoms with E-state index < -0.39 is 0 Å². The molecule has 3 rings (SSSR count). The van der Waals surface area contributed by atoms with E-state index in [1.807, 2.05) is 36.4 Å². The van der Waals surface area contributed by atoms with Gasteiger partial charge in [0.1, 0.15) is 0 Å². The van der Waals surface area contributed by atoms with Gasteiger partial charge in [0.15, 0.2) is 0 Å². The normalized spacial score (nSPS) is 10.6. The van der Waals surface area contributed by atoms with Gasteiger partial charge in [-0.1, -0.05) is 60.1 Å². The Morgan fingerprint density at radius 2 is 1.59 bits per heavy atom. The smallest absolute Gasteiger partial charge is 0.0406 e. The molecular formula is C16H10Cl. The maximum Gasteiger partial charge on any atom is 0.0406 e. The first kappa shape index (κ1) is 10.4. The van der Waals surface area contributed by atoms with Crippen LogP contribution in [0.15, 0.2) is 60.7 Å². The molecular weight excluding hydrogens is 228 g/mol. The summed E-state index contributed by atoms with van der Waals surface area (Å²) in [5.74, 6) is 0. The highest BCUT2D eigenvalue weighted by Crippen LogP contribution is 2.28. The van der Waals surface area contributed by atoms with Gasteiger partial charge in [0.25, 0.3) is 0 Å². The van der Waals surface area contributed by atoms with Crippen LogP contribution in [0, 0.1) is 6.07 Å². The average molecular weight is 238 g/mol. The van der Waals surface area contributed by atoms with Crippen LogP contribution in [0.4, 0.5) is 0 Å². The molecule has 0 fully saturated rings. The molecule has 0 spiro atoms. The minimum Gasteiger partial charge on any atom is -0.0843 e. The number of hydrogen-bond acceptors (Lipinski definition) is 0. The third-order valence-electron chi connectivity index (χ3n) is 2.85.